The van der Waals surface area contributed by atoms with E-state index in [0.717, 1.165) is 38.0 Å². The van der Waals surface area contributed by atoms with E-state index in [4.69, 9.17) is 4.74 Å². The number of benzene rings is 2. The Bertz CT molecular complexity index is 635. The lowest BCUT2D eigenvalue weighted by Crippen LogP contribution is -2.05. The van der Waals surface area contributed by atoms with E-state index >= 15 is 0 Å². The average molecular weight is 335 g/mol. The molecule has 0 aliphatic rings. The van der Waals surface area contributed by atoms with Crippen molar-refractivity contribution in [1.82, 2.24) is 0 Å². The summed E-state index contributed by atoms with van der Waals surface area (Å²) in [6.45, 7) is 5.99. The molecule has 20 heavy (non-hydrogen) atoms. The van der Waals surface area contributed by atoms with E-state index in [1.165, 1.54) is 0 Å². The molecule has 1 atom stereocenters. The number of ether oxygens (including phenoxy) is 1. The molecular weight excluding hydrogens is 316 g/mol. The molecule has 2 aromatic carbocycles. The van der Waals surface area contributed by atoms with Gasteiger partial charge in [-0.25, -0.2) is 0 Å². The molecule has 2 aromatic rings. The molecule has 0 saturated heterocycles. The molecule has 0 saturated carbocycles. The maximum Gasteiger partial charge on any atom is 0.122 e. The van der Waals surface area contributed by atoms with E-state index in [-0.39, 0.29) is 0 Å². The molecule has 0 amide bonds. The average Bonchev–Trinajstić information content (AvgIpc) is 2.42. The molecule has 0 heterocycles. The zero-order chi connectivity index (χ0) is 14.9. The molecule has 2 nitrogen and oxygen atoms in total. The number of aliphatic hydroxyl groups is 1. The van der Waals surface area contributed by atoms with Crippen molar-refractivity contribution in [3.63, 3.8) is 0 Å². The first kappa shape index (κ1) is 15.1. The van der Waals surface area contributed by atoms with Crippen molar-refractivity contribution in [2.24, 2.45) is 0 Å². The summed E-state index contributed by atoms with van der Waals surface area (Å²) in [5.41, 5.74) is 4.98. The molecule has 0 fully saturated rings. The molecule has 0 bridgehead atoms. The van der Waals surface area contributed by atoms with Crippen LogP contribution in [0.1, 0.15) is 33.9 Å². The fourth-order valence-electron chi connectivity index (χ4n) is 2.40. The van der Waals surface area contributed by atoms with E-state index in [0.29, 0.717) is 0 Å². The van der Waals surface area contributed by atoms with E-state index in [1.54, 1.807) is 7.11 Å². The summed E-state index contributed by atoms with van der Waals surface area (Å²) in [5, 5.41) is 10.7. The number of aryl methyl sites for hydroxylation is 3. The molecular formula is C17H19BrO2. The third-order valence-corrected chi connectivity index (χ3v) is 4.11. The van der Waals surface area contributed by atoms with Crippen LogP contribution in [0.2, 0.25) is 0 Å². The summed E-state index contributed by atoms with van der Waals surface area (Å²) < 4.78 is 6.29. The molecule has 2 rings (SSSR count). The van der Waals surface area contributed by atoms with Gasteiger partial charge >= 0.3 is 0 Å². The topological polar surface area (TPSA) is 29.5 Å². The van der Waals surface area contributed by atoms with E-state index in [1.807, 2.05) is 51.1 Å². The first-order chi connectivity index (χ1) is 9.43. The summed E-state index contributed by atoms with van der Waals surface area (Å²) in [6.07, 6.45) is -0.628. The molecule has 1 N–H and O–H groups in total. The smallest absolute Gasteiger partial charge is 0.122 e. The van der Waals surface area contributed by atoms with Gasteiger partial charge in [0.25, 0.3) is 0 Å². The predicted molar refractivity (Wildman–Crippen MR) is 85.4 cm³/mol. The van der Waals surface area contributed by atoms with Gasteiger partial charge in [0.2, 0.25) is 0 Å². The number of aliphatic hydroxyl groups excluding tert-OH is 1. The van der Waals surface area contributed by atoms with Crippen LogP contribution < -0.4 is 4.74 Å². The fourth-order valence-corrected chi connectivity index (χ4v) is 2.78. The van der Waals surface area contributed by atoms with E-state index < -0.39 is 6.10 Å². The van der Waals surface area contributed by atoms with Crippen LogP contribution in [0, 0.1) is 20.8 Å². The third-order valence-electron chi connectivity index (χ3n) is 3.61. The standard InChI is InChI=1S/C17H19BrO2/c1-10-5-6-13(18)9-15(10)17(19)14-7-12(3)16(20-4)8-11(14)2/h5-9,17,19H,1-4H3. The monoisotopic (exact) mass is 334 g/mol. The molecule has 106 valence electrons. The van der Waals surface area contributed by atoms with Gasteiger partial charge in [-0.3, -0.25) is 0 Å². The highest BCUT2D eigenvalue weighted by atomic mass is 79.9. The minimum atomic E-state index is -0.628. The van der Waals surface area contributed by atoms with Gasteiger partial charge in [0.05, 0.1) is 7.11 Å². The van der Waals surface area contributed by atoms with Gasteiger partial charge < -0.3 is 9.84 Å². The minimum Gasteiger partial charge on any atom is -0.496 e. The van der Waals surface area contributed by atoms with Gasteiger partial charge in [0.15, 0.2) is 0 Å². The van der Waals surface area contributed by atoms with Gasteiger partial charge in [-0.2, -0.15) is 0 Å². The van der Waals surface area contributed by atoms with Crippen molar-refractivity contribution in [2.75, 3.05) is 7.11 Å². The molecule has 0 spiro atoms. The second-order valence-corrected chi connectivity index (χ2v) is 6.00. The number of methoxy groups -OCH3 is 1. The summed E-state index contributed by atoms with van der Waals surface area (Å²) in [5.74, 6) is 0.851. The molecule has 0 radical (unpaired) electrons. The van der Waals surface area contributed by atoms with E-state index in [2.05, 4.69) is 15.9 Å². The van der Waals surface area contributed by atoms with Gasteiger partial charge in [-0.05, 0) is 72.9 Å². The maximum atomic E-state index is 10.7. The van der Waals surface area contributed by atoms with Crippen LogP contribution in [0.15, 0.2) is 34.8 Å². The number of halogens is 1. The number of rotatable bonds is 3. The first-order valence-electron chi connectivity index (χ1n) is 6.53. The highest BCUT2D eigenvalue weighted by Crippen LogP contribution is 2.32. The van der Waals surface area contributed by atoms with Crippen LogP contribution in [0.5, 0.6) is 5.75 Å². The Hall–Kier alpha value is -1.32. The summed E-state index contributed by atoms with van der Waals surface area (Å²) in [6, 6.07) is 9.94. The molecule has 0 aliphatic heterocycles. The number of hydrogen-bond acceptors (Lipinski definition) is 2. The lowest BCUT2D eigenvalue weighted by Gasteiger charge is -2.19. The van der Waals surface area contributed by atoms with Gasteiger partial charge in [0, 0.05) is 4.47 Å². The van der Waals surface area contributed by atoms with Crippen LogP contribution in [0.3, 0.4) is 0 Å². The third kappa shape index (κ3) is 2.89. The lowest BCUT2D eigenvalue weighted by molar-refractivity contribution is 0.218. The Balaban J connectivity index is 2.50. The van der Waals surface area contributed by atoms with Crippen molar-refractivity contribution in [1.29, 1.82) is 0 Å². The van der Waals surface area contributed by atoms with E-state index in [9.17, 15) is 5.11 Å². The van der Waals surface area contributed by atoms with Crippen molar-refractivity contribution in [2.45, 2.75) is 26.9 Å². The summed E-state index contributed by atoms with van der Waals surface area (Å²) in [7, 11) is 1.66. The minimum absolute atomic E-state index is 0.628. The quantitative estimate of drug-likeness (QED) is 0.897. The van der Waals surface area contributed by atoms with Gasteiger partial charge in [0.1, 0.15) is 11.9 Å². The first-order valence-corrected chi connectivity index (χ1v) is 7.32. The largest absolute Gasteiger partial charge is 0.496 e. The van der Waals surface area contributed by atoms with Crippen molar-refractivity contribution in [3.8, 4) is 5.75 Å². The molecule has 0 aromatic heterocycles. The van der Waals surface area contributed by atoms with Crippen LogP contribution in [0.4, 0.5) is 0 Å². The van der Waals surface area contributed by atoms with Crippen LogP contribution in [0.25, 0.3) is 0 Å². The fraction of sp³-hybridized carbons (Fsp3) is 0.294. The Labute approximate surface area is 128 Å². The van der Waals surface area contributed by atoms with Crippen molar-refractivity contribution < 1.29 is 9.84 Å². The lowest BCUT2D eigenvalue weighted by atomic mass is 9.93. The maximum absolute atomic E-state index is 10.7. The van der Waals surface area contributed by atoms with Crippen molar-refractivity contribution >= 4 is 15.9 Å². The van der Waals surface area contributed by atoms with Crippen LogP contribution in [-0.4, -0.2) is 12.2 Å². The normalized spacial score (nSPS) is 12.3. The van der Waals surface area contributed by atoms with Gasteiger partial charge in [-0.1, -0.05) is 22.0 Å². The van der Waals surface area contributed by atoms with Gasteiger partial charge in [-0.15, -0.1) is 0 Å². The summed E-state index contributed by atoms with van der Waals surface area (Å²) in [4.78, 5) is 0. The molecule has 3 heteroatoms. The molecule has 0 aliphatic carbocycles. The number of hydrogen-bond donors (Lipinski definition) is 1. The van der Waals surface area contributed by atoms with Crippen molar-refractivity contribution in [3.05, 3.63) is 62.6 Å². The predicted octanol–water partition coefficient (Wildman–Crippen LogP) is 4.46. The Morgan fingerprint density at radius 2 is 1.60 bits per heavy atom. The SMILES string of the molecule is COc1cc(C)c(C(O)c2cc(Br)ccc2C)cc1C. The molecule has 1 unspecified atom stereocenters. The summed E-state index contributed by atoms with van der Waals surface area (Å²) >= 11 is 3.46. The Morgan fingerprint density at radius 3 is 2.25 bits per heavy atom. The Morgan fingerprint density at radius 1 is 0.950 bits per heavy atom. The Kier molecular flexibility index (Phi) is 4.51. The second kappa shape index (κ2) is 5.98. The second-order valence-electron chi connectivity index (χ2n) is 5.08. The van der Waals surface area contributed by atoms with Crippen LogP contribution in [-0.2, 0) is 0 Å². The van der Waals surface area contributed by atoms with Crippen LogP contribution >= 0.6 is 15.9 Å². The zero-order valence-electron chi connectivity index (χ0n) is 12.2. The highest BCUT2D eigenvalue weighted by molar-refractivity contribution is 9.10. The highest BCUT2D eigenvalue weighted by Gasteiger charge is 2.17. The zero-order valence-corrected chi connectivity index (χ0v) is 13.8.